The van der Waals surface area contributed by atoms with E-state index in [1.807, 2.05) is 65.8 Å². The van der Waals surface area contributed by atoms with Crippen LogP contribution in [0.2, 0.25) is 0 Å². The predicted molar refractivity (Wildman–Crippen MR) is 206 cm³/mol. The summed E-state index contributed by atoms with van der Waals surface area (Å²) in [6, 6.07) is 55.4. The third kappa shape index (κ3) is 6.87. The highest BCUT2D eigenvalue weighted by Crippen LogP contribution is 2.46. The van der Waals surface area contributed by atoms with E-state index in [0.717, 1.165) is 47.1 Å². The van der Waals surface area contributed by atoms with Gasteiger partial charge in [-0.3, -0.25) is 4.90 Å². The lowest BCUT2D eigenvalue weighted by Gasteiger charge is -2.43. The first kappa shape index (κ1) is 32.8. The predicted octanol–water partition coefficient (Wildman–Crippen LogP) is 9.04. The van der Waals surface area contributed by atoms with Crippen LogP contribution in [0.3, 0.4) is 0 Å². The minimum atomic E-state index is -0.384. The van der Waals surface area contributed by atoms with Crippen LogP contribution in [0.25, 0.3) is 11.2 Å². The second-order valence-corrected chi connectivity index (χ2v) is 14.2. The number of thioether (sulfide) groups is 1. The second-order valence-electron chi connectivity index (χ2n) is 12.9. The standard InChI is InChI=1S/C44H40N4O2S/c1-47-41(45-40-26-27-42(46-43(40)47)50-30-34-14-6-2-7-15-34)31-49-38-24-22-33(23-25-38)28-39-29-48(32-51-39)44(35-16-8-3-9-17-35,36-18-10-4-11-19-36)37-20-12-5-13-21-37/h2-27,39H,28-32H2,1H3. The third-order valence-corrected chi connectivity index (χ3v) is 11.0. The van der Waals surface area contributed by atoms with Gasteiger partial charge in [-0.15, -0.1) is 11.8 Å². The lowest BCUT2D eigenvalue weighted by molar-refractivity contribution is 0.202. The molecule has 6 nitrogen and oxygen atoms in total. The molecule has 0 aliphatic carbocycles. The molecule has 0 saturated carbocycles. The first-order valence-electron chi connectivity index (χ1n) is 17.4. The number of aromatic nitrogens is 3. The molecule has 1 atom stereocenters. The molecule has 7 aromatic rings. The quantitative estimate of drug-likeness (QED) is 0.120. The molecule has 0 N–H and O–H groups in total. The normalized spacial score (nSPS) is 14.9. The Morgan fingerprint density at radius 1 is 0.627 bits per heavy atom. The molecule has 1 fully saturated rings. The molecule has 254 valence electrons. The smallest absolute Gasteiger partial charge is 0.215 e. The fraction of sp³-hybridized carbons (Fsp3) is 0.182. The van der Waals surface area contributed by atoms with E-state index in [9.17, 15) is 0 Å². The van der Waals surface area contributed by atoms with Crippen LogP contribution < -0.4 is 9.47 Å². The summed E-state index contributed by atoms with van der Waals surface area (Å²) in [6.45, 7) is 1.79. The first-order chi connectivity index (χ1) is 25.2. The van der Waals surface area contributed by atoms with Gasteiger partial charge in [0, 0.05) is 30.8 Å². The highest BCUT2D eigenvalue weighted by atomic mass is 32.2. The first-order valence-corrected chi connectivity index (χ1v) is 18.5. The van der Waals surface area contributed by atoms with Gasteiger partial charge in [0.25, 0.3) is 0 Å². The van der Waals surface area contributed by atoms with Gasteiger partial charge in [0.1, 0.15) is 30.3 Å². The van der Waals surface area contributed by atoms with Gasteiger partial charge < -0.3 is 14.0 Å². The lowest BCUT2D eigenvalue weighted by atomic mass is 9.75. The van der Waals surface area contributed by atoms with Crippen molar-refractivity contribution in [3.8, 4) is 11.6 Å². The zero-order chi connectivity index (χ0) is 34.5. The number of hydrogen-bond acceptors (Lipinski definition) is 6. The van der Waals surface area contributed by atoms with E-state index >= 15 is 0 Å². The van der Waals surface area contributed by atoms with Crippen molar-refractivity contribution < 1.29 is 9.47 Å². The summed E-state index contributed by atoms with van der Waals surface area (Å²) in [5, 5.41) is 0.460. The fourth-order valence-electron chi connectivity index (χ4n) is 7.16. The summed E-state index contributed by atoms with van der Waals surface area (Å²) in [4.78, 5) is 12.2. The number of hydrogen-bond donors (Lipinski definition) is 0. The minimum Gasteiger partial charge on any atom is -0.486 e. The molecule has 2 aromatic heterocycles. The molecule has 51 heavy (non-hydrogen) atoms. The number of imidazole rings is 1. The SMILES string of the molecule is Cn1c(COc2ccc(CC3CN(C(c4ccccc4)(c4ccccc4)c4ccccc4)CS3)cc2)nc2ccc(OCc3ccccc3)nc21. The molecule has 8 rings (SSSR count). The molecule has 0 bridgehead atoms. The zero-order valence-electron chi connectivity index (χ0n) is 28.6. The summed E-state index contributed by atoms with van der Waals surface area (Å²) in [5.41, 5.74) is 7.48. The van der Waals surface area contributed by atoms with Crippen molar-refractivity contribution in [2.45, 2.75) is 30.4 Å². The average molecular weight is 689 g/mol. The minimum absolute atomic E-state index is 0.348. The van der Waals surface area contributed by atoms with Gasteiger partial charge in [-0.05, 0) is 52.4 Å². The van der Waals surface area contributed by atoms with Crippen LogP contribution in [0.15, 0.2) is 158 Å². The molecule has 1 aliphatic rings. The number of pyridine rings is 1. The van der Waals surface area contributed by atoms with E-state index in [0.29, 0.717) is 24.3 Å². The molecule has 1 saturated heterocycles. The van der Waals surface area contributed by atoms with Gasteiger partial charge in [-0.25, -0.2) is 4.98 Å². The molecule has 5 aromatic carbocycles. The molecule has 0 spiro atoms. The molecule has 7 heteroatoms. The third-order valence-electron chi connectivity index (χ3n) is 9.71. The van der Waals surface area contributed by atoms with Crippen molar-refractivity contribution in [1.82, 2.24) is 19.4 Å². The monoisotopic (exact) mass is 688 g/mol. The molecule has 0 radical (unpaired) electrons. The maximum absolute atomic E-state index is 6.22. The van der Waals surface area contributed by atoms with Crippen molar-refractivity contribution in [1.29, 1.82) is 0 Å². The Kier molecular flexibility index (Phi) is 9.56. The van der Waals surface area contributed by atoms with Gasteiger partial charge in [0.15, 0.2) is 5.65 Å². The van der Waals surface area contributed by atoms with Crippen LogP contribution in [0.5, 0.6) is 11.6 Å². The second kappa shape index (κ2) is 14.9. The molecule has 3 heterocycles. The Bertz CT molecular complexity index is 2080. The summed E-state index contributed by atoms with van der Waals surface area (Å²) in [7, 11) is 1.97. The van der Waals surface area contributed by atoms with Crippen LogP contribution in [-0.2, 0) is 32.2 Å². The van der Waals surface area contributed by atoms with Crippen LogP contribution in [0, 0.1) is 0 Å². The molecule has 1 unspecified atom stereocenters. The average Bonchev–Trinajstić information content (AvgIpc) is 3.79. The summed E-state index contributed by atoms with van der Waals surface area (Å²) < 4.78 is 14.1. The van der Waals surface area contributed by atoms with Crippen LogP contribution in [0.4, 0.5) is 0 Å². The van der Waals surface area contributed by atoms with Gasteiger partial charge in [-0.2, -0.15) is 4.98 Å². The van der Waals surface area contributed by atoms with Gasteiger partial charge in [0.2, 0.25) is 5.88 Å². The number of ether oxygens (including phenoxy) is 2. The number of aryl methyl sites for hydroxylation is 1. The summed E-state index contributed by atoms with van der Waals surface area (Å²) >= 11 is 2.04. The maximum Gasteiger partial charge on any atom is 0.215 e. The molecular weight excluding hydrogens is 649 g/mol. The Morgan fingerprint density at radius 3 is 1.82 bits per heavy atom. The summed E-state index contributed by atoms with van der Waals surface area (Å²) in [6.07, 6.45) is 0.987. The van der Waals surface area contributed by atoms with Gasteiger partial charge in [0.05, 0.1) is 5.54 Å². The van der Waals surface area contributed by atoms with E-state index in [1.54, 1.807) is 0 Å². The van der Waals surface area contributed by atoms with E-state index in [-0.39, 0.29) is 5.54 Å². The zero-order valence-corrected chi connectivity index (χ0v) is 29.5. The Labute approximate surface area is 303 Å². The van der Waals surface area contributed by atoms with E-state index in [1.165, 1.54) is 22.3 Å². The van der Waals surface area contributed by atoms with Crippen LogP contribution in [0.1, 0.15) is 33.6 Å². The van der Waals surface area contributed by atoms with Crippen LogP contribution >= 0.6 is 11.8 Å². The van der Waals surface area contributed by atoms with E-state index < -0.39 is 0 Å². The number of rotatable bonds is 12. The van der Waals surface area contributed by atoms with Gasteiger partial charge in [-0.1, -0.05) is 133 Å². The van der Waals surface area contributed by atoms with Crippen molar-refractivity contribution in [2.75, 3.05) is 12.4 Å². The van der Waals surface area contributed by atoms with Gasteiger partial charge >= 0.3 is 0 Å². The lowest BCUT2D eigenvalue weighted by Crippen LogP contribution is -2.47. The van der Waals surface area contributed by atoms with E-state index in [2.05, 4.69) is 120 Å². The van der Waals surface area contributed by atoms with Crippen molar-refractivity contribution >= 4 is 22.9 Å². The van der Waals surface area contributed by atoms with Crippen LogP contribution in [-0.4, -0.2) is 37.1 Å². The fourth-order valence-corrected chi connectivity index (χ4v) is 8.44. The highest BCUT2D eigenvalue weighted by Gasteiger charge is 2.45. The summed E-state index contributed by atoms with van der Waals surface area (Å²) in [5.74, 6) is 3.15. The topological polar surface area (TPSA) is 52.4 Å². The molecular formula is C44H40N4O2S. The Balaban J connectivity index is 0.939. The number of benzene rings is 5. The number of fused-ring (bicyclic) bond motifs is 1. The highest BCUT2D eigenvalue weighted by molar-refractivity contribution is 8.00. The molecule has 1 aliphatic heterocycles. The Hall–Kier alpha value is -5.37. The van der Waals surface area contributed by atoms with E-state index in [4.69, 9.17) is 19.4 Å². The largest absolute Gasteiger partial charge is 0.486 e. The van der Waals surface area contributed by atoms with Crippen molar-refractivity contribution in [3.63, 3.8) is 0 Å². The van der Waals surface area contributed by atoms with Crippen molar-refractivity contribution in [3.05, 3.63) is 191 Å². The maximum atomic E-state index is 6.22. The number of nitrogens with zero attached hydrogens (tertiary/aromatic N) is 4. The Morgan fingerprint density at radius 2 is 1.22 bits per heavy atom. The van der Waals surface area contributed by atoms with Crippen molar-refractivity contribution in [2.24, 2.45) is 7.05 Å². The molecule has 0 amide bonds.